The van der Waals surface area contributed by atoms with E-state index >= 15 is 0 Å². The quantitative estimate of drug-likeness (QED) is 0.299. The van der Waals surface area contributed by atoms with Crippen molar-refractivity contribution in [2.75, 3.05) is 38.2 Å². The second-order valence-corrected chi connectivity index (χ2v) is 7.23. The lowest BCUT2D eigenvalue weighted by atomic mass is 9.98. The SMILES string of the molecule is CCNC(=NCCCOC1CCCCC1)NCCOc1cccc(NC(C)=O)c1. The molecule has 7 heteroatoms. The van der Waals surface area contributed by atoms with Crippen molar-refractivity contribution >= 4 is 17.6 Å². The summed E-state index contributed by atoms with van der Waals surface area (Å²) in [6, 6.07) is 7.37. The Bertz CT molecular complexity index is 630. The summed E-state index contributed by atoms with van der Waals surface area (Å²) in [6.45, 7) is 7.00. The van der Waals surface area contributed by atoms with Crippen LogP contribution in [0, 0.1) is 0 Å². The lowest BCUT2D eigenvalue weighted by Crippen LogP contribution is -2.39. The van der Waals surface area contributed by atoms with E-state index in [9.17, 15) is 4.79 Å². The fraction of sp³-hybridized carbons (Fsp3) is 0.636. The summed E-state index contributed by atoms with van der Waals surface area (Å²) in [5.74, 6) is 1.42. The molecule has 1 saturated carbocycles. The van der Waals surface area contributed by atoms with Crippen LogP contribution in [0.2, 0.25) is 0 Å². The molecule has 0 bridgehead atoms. The van der Waals surface area contributed by atoms with Crippen molar-refractivity contribution in [1.29, 1.82) is 0 Å². The molecule has 1 aromatic carbocycles. The zero-order chi connectivity index (χ0) is 20.7. The minimum atomic E-state index is -0.0977. The standard InChI is InChI=1S/C22H36N4O3/c1-3-23-22(24-13-8-15-28-20-10-5-4-6-11-20)25-14-16-29-21-12-7-9-19(17-21)26-18(2)27/h7,9,12,17,20H,3-6,8,10-11,13-16H2,1-2H3,(H,26,27)(H2,23,24,25). The summed E-state index contributed by atoms with van der Waals surface area (Å²) in [5.41, 5.74) is 0.730. The predicted molar refractivity (Wildman–Crippen MR) is 118 cm³/mol. The molecule has 0 radical (unpaired) electrons. The monoisotopic (exact) mass is 404 g/mol. The van der Waals surface area contributed by atoms with Crippen LogP contribution in [0.5, 0.6) is 5.75 Å². The van der Waals surface area contributed by atoms with Gasteiger partial charge in [-0.1, -0.05) is 25.3 Å². The number of aliphatic imine (C=N–C) groups is 1. The highest BCUT2D eigenvalue weighted by Crippen LogP contribution is 2.20. The first kappa shape index (κ1) is 23.0. The van der Waals surface area contributed by atoms with E-state index in [-0.39, 0.29) is 5.91 Å². The lowest BCUT2D eigenvalue weighted by Gasteiger charge is -2.21. The molecule has 29 heavy (non-hydrogen) atoms. The number of nitrogens with one attached hydrogen (secondary N) is 3. The van der Waals surface area contributed by atoms with Gasteiger partial charge in [-0.15, -0.1) is 0 Å². The van der Waals surface area contributed by atoms with Crippen LogP contribution in [0.4, 0.5) is 5.69 Å². The molecule has 0 atom stereocenters. The normalized spacial score (nSPS) is 15.0. The minimum absolute atomic E-state index is 0.0977. The largest absolute Gasteiger partial charge is 0.492 e. The van der Waals surface area contributed by atoms with Crippen LogP contribution in [0.1, 0.15) is 52.4 Å². The topological polar surface area (TPSA) is 84.0 Å². The van der Waals surface area contributed by atoms with Gasteiger partial charge in [0.1, 0.15) is 12.4 Å². The van der Waals surface area contributed by atoms with E-state index in [1.165, 1.54) is 39.0 Å². The number of benzene rings is 1. The Morgan fingerprint density at radius 2 is 2.00 bits per heavy atom. The maximum Gasteiger partial charge on any atom is 0.221 e. The number of guanidine groups is 1. The molecule has 162 valence electrons. The fourth-order valence-electron chi connectivity index (χ4n) is 3.28. The van der Waals surface area contributed by atoms with Crippen LogP contribution >= 0.6 is 0 Å². The number of carbonyl (C=O) groups excluding carboxylic acids is 1. The third kappa shape index (κ3) is 10.2. The second-order valence-electron chi connectivity index (χ2n) is 7.23. The molecule has 1 amide bonds. The summed E-state index contributed by atoms with van der Waals surface area (Å²) < 4.78 is 11.7. The highest BCUT2D eigenvalue weighted by molar-refractivity contribution is 5.88. The molecule has 1 aliphatic rings. The first-order chi connectivity index (χ1) is 14.2. The van der Waals surface area contributed by atoms with Gasteiger partial charge in [0.25, 0.3) is 0 Å². The number of ether oxygens (including phenoxy) is 2. The Labute approximate surface area is 174 Å². The van der Waals surface area contributed by atoms with E-state index in [1.54, 1.807) is 0 Å². The van der Waals surface area contributed by atoms with E-state index in [4.69, 9.17) is 9.47 Å². The van der Waals surface area contributed by atoms with Gasteiger partial charge in [-0.3, -0.25) is 9.79 Å². The van der Waals surface area contributed by atoms with Crippen molar-refractivity contribution in [2.24, 2.45) is 4.99 Å². The summed E-state index contributed by atoms with van der Waals surface area (Å²) in [4.78, 5) is 15.7. The van der Waals surface area contributed by atoms with E-state index in [1.807, 2.05) is 31.2 Å². The molecule has 0 aliphatic heterocycles. The maximum atomic E-state index is 11.1. The van der Waals surface area contributed by atoms with Gasteiger partial charge in [0.2, 0.25) is 5.91 Å². The number of hydrogen-bond acceptors (Lipinski definition) is 4. The van der Waals surface area contributed by atoms with E-state index in [0.717, 1.165) is 43.5 Å². The lowest BCUT2D eigenvalue weighted by molar-refractivity contribution is -0.114. The molecule has 3 N–H and O–H groups in total. The van der Waals surface area contributed by atoms with E-state index in [0.29, 0.717) is 19.3 Å². The van der Waals surface area contributed by atoms with Crippen LogP contribution < -0.4 is 20.7 Å². The first-order valence-corrected chi connectivity index (χ1v) is 10.8. The van der Waals surface area contributed by atoms with E-state index < -0.39 is 0 Å². The highest BCUT2D eigenvalue weighted by atomic mass is 16.5. The number of rotatable bonds is 11. The Kier molecular flexibility index (Phi) is 11.0. The van der Waals surface area contributed by atoms with E-state index in [2.05, 4.69) is 20.9 Å². The summed E-state index contributed by atoms with van der Waals surface area (Å²) in [5, 5.41) is 9.28. The van der Waals surface area contributed by atoms with Crippen molar-refractivity contribution in [1.82, 2.24) is 10.6 Å². The average molecular weight is 405 g/mol. The minimum Gasteiger partial charge on any atom is -0.492 e. The molecule has 0 spiro atoms. The van der Waals surface area contributed by atoms with Gasteiger partial charge in [0.15, 0.2) is 5.96 Å². The molecule has 1 aliphatic carbocycles. The van der Waals surface area contributed by atoms with Crippen molar-refractivity contribution in [3.8, 4) is 5.75 Å². The molecule has 1 fully saturated rings. The Balaban J connectivity index is 1.63. The Hall–Kier alpha value is -2.28. The number of carbonyl (C=O) groups is 1. The van der Waals surface area contributed by atoms with Crippen LogP contribution in [-0.4, -0.2) is 50.8 Å². The van der Waals surface area contributed by atoms with Crippen molar-refractivity contribution in [3.63, 3.8) is 0 Å². The third-order valence-corrected chi connectivity index (χ3v) is 4.64. The Morgan fingerprint density at radius 3 is 2.76 bits per heavy atom. The van der Waals surface area contributed by atoms with Gasteiger partial charge >= 0.3 is 0 Å². The second kappa shape index (κ2) is 13.8. The number of nitrogens with zero attached hydrogens (tertiary/aromatic N) is 1. The average Bonchev–Trinajstić information content (AvgIpc) is 2.71. The number of amides is 1. The fourth-order valence-corrected chi connectivity index (χ4v) is 3.28. The third-order valence-electron chi connectivity index (χ3n) is 4.64. The number of anilines is 1. The molecule has 0 heterocycles. The molecule has 0 saturated heterocycles. The zero-order valence-electron chi connectivity index (χ0n) is 17.8. The summed E-state index contributed by atoms with van der Waals surface area (Å²) in [6.07, 6.45) is 7.77. The van der Waals surface area contributed by atoms with Gasteiger partial charge in [-0.25, -0.2) is 0 Å². The predicted octanol–water partition coefficient (Wildman–Crippen LogP) is 3.32. The van der Waals surface area contributed by atoms with Crippen molar-refractivity contribution in [3.05, 3.63) is 24.3 Å². The van der Waals surface area contributed by atoms with Gasteiger partial charge in [-0.05, 0) is 38.3 Å². The van der Waals surface area contributed by atoms with Gasteiger partial charge in [0.05, 0.1) is 12.6 Å². The van der Waals surface area contributed by atoms with Crippen LogP contribution in [0.25, 0.3) is 0 Å². The van der Waals surface area contributed by atoms with Crippen molar-refractivity contribution in [2.45, 2.75) is 58.5 Å². The maximum absolute atomic E-state index is 11.1. The molecular formula is C22H36N4O3. The molecule has 7 nitrogen and oxygen atoms in total. The first-order valence-electron chi connectivity index (χ1n) is 10.8. The van der Waals surface area contributed by atoms with Crippen LogP contribution in [-0.2, 0) is 9.53 Å². The molecular weight excluding hydrogens is 368 g/mol. The van der Waals surface area contributed by atoms with Crippen LogP contribution in [0.3, 0.4) is 0 Å². The van der Waals surface area contributed by atoms with Gasteiger partial charge in [0, 0.05) is 38.4 Å². The summed E-state index contributed by atoms with van der Waals surface area (Å²) >= 11 is 0. The number of hydrogen-bond donors (Lipinski definition) is 3. The summed E-state index contributed by atoms with van der Waals surface area (Å²) in [7, 11) is 0. The smallest absolute Gasteiger partial charge is 0.221 e. The Morgan fingerprint density at radius 1 is 1.17 bits per heavy atom. The molecule has 0 unspecified atom stereocenters. The highest BCUT2D eigenvalue weighted by Gasteiger charge is 2.12. The van der Waals surface area contributed by atoms with Gasteiger partial charge < -0.3 is 25.4 Å². The van der Waals surface area contributed by atoms with Crippen LogP contribution in [0.15, 0.2) is 29.3 Å². The zero-order valence-corrected chi connectivity index (χ0v) is 17.8. The van der Waals surface area contributed by atoms with Gasteiger partial charge in [-0.2, -0.15) is 0 Å². The van der Waals surface area contributed by atoms with Crippen molar-refractivity contribution < 1.29 is 14.3 Å². The molecule has 2 rings (SSSR count). The molecule has 1 aromatic rings. The molecule has 0 aromatic heterocycles.